The lowest BCUT2D eigenvalue weighted by atomic mass is 10.2. The van der Waals surface area contributed by atoms with E-state index in [-0.39, 0.29) is 30.1 Å². The molecule has 0 spiro atoms. The molecule has 0 amide bonds. The number of benzene rings is 1. The van der Waals surface area contributed by atoms with Crippen LogP contribution in [-0.2, 0) is 20.8 Å². The third-order valence-electron chi connectivity index (χ3n) is 4.40. The van der Waals surface area contributed by atoms with Crippen molar-refractivity contribution in [2.45, 2.75) is 38.8 Å². The van der Waals surface area contributed by atoms with Crippen molar-refractivity contribution in [2.75, 3.05) is 53.2 Å². The van der Waals surface area contributed by atoms with E-state index in [0.717, 1.165) is 82.7 Å². The molecule has 1 unspecified atom stereocenters. The van der Waals surface area contributed by atoms with Crippen LogP contribution in [0.2, 0.25) is 0 Å². The molecule has 1 aromatic carbocycles. The molecule has 1 aliphatic heterocycles. The smallest absolute Gasteiger partial charge is 0.191 e. The van der Waals surface area contributed by atoms with Crippen LogP contribution < -0.4 is 15.4 Å². The van der Waals surface area contributed by atoms with E-state index in [9.17, 15) is 0 Å². The minimum Gasteiger partial charge on any atom is -0.497 e. The summed E-state index contributed by atoms with van der Waals surface area (Å²) in [5.74, 6) is 1.67. The highest BCUT2D eigenvalue weighted by molar-refractivity contribution is 14.0. The van der Waals surface area contributed by atoms with Gasteiger partial charge in [0.05, 0.1) is 26.4 Å². The maximum atomic E-state index is 5.81. The molecule has 0 radical (unpaired) electrons. The van der Waals surface area contributed by atoms with Gasteiger partial charge in [0.1, 0.15) is 5.75 Å². The van der Waals surface area contributed by atoms with Crippen molar-refractivity contribution >= 4 is 29.9 Å². The third-order valence-corrected chi connectivity index (χ3v) is 4.40. The van der Waals surface area contributed by atoms with E-state index < -0.39 is 0 Å². The molecule has 1 heterocycles. The third kappa shape index (κ3) is 11.6. The minimum absolute atomic E-state index is 0. The Morgan fingerprint density at radius 3 is 2.48 bits per heavy atom. The van der Waals surface area contributed by atoms with Crippen LogP contribution in [0.25, 0.3) is 0 Å². The lowest BCUT2D eigenvalue weighted by Crippen LogP contribution is -2.39. The van der Waals surface area contributed by atoms with Crippen molar-refractivity contribution in [2.24, 2.45) is 4.99 Å². The minimum atomic E-state index is 0. The largest absolute Gasteiger partial charge is 0.497 e. The van der Waals surface area contributed by atoms with Gasteiger partial charge in [-0.3, -0.25) is 0 Å². The fraction of sp³-hybridized carbons (Fsp3) is 0.667. The Kier molecular flexibility index (Phi) is 14.9. The number of aliphatic imine (C=N–C) groups is 1. The van der Waals surface area contributed by atoms with Gasteiger partial charge >= 0.3 is 0 Å². The summed E-state index contributed by atoms with van der Waals surface area (Å²) in [5.41, 5.74) is 1.14. The number of methoxy groups -OCH3 is 1. The molecule has 0 bridgehead atoms. The predicted octanol–water partition coefficient (Wildman–Crippen LogP) is 2.97. The average molecular weight is 521 g/mol. The zero-order valence-electron chi connectivity index (χ0n) is 17.7. The molecule has 166 valence electrons. The predicted molar refractivity (Wildman–Crippen MR) is 126 cm³/mol. The van der Waals surface area contributed by atoms with E-state index in [4.69, 9.17) is 23.9 Å². The Morgan fingerprint density at radius 1 is 1.14 bits per heavy atom. The quantitative estimate of drug-likeness (QED) is 0.180. The molecule has 1 saturated heterocycles. The normalized spacial score (nSPS) is 16.3. The molecule has 8 heteroatoms. The number of guanidine groups is 1. The highest BCUT2D eigenvalue weighted by atomic mass is 127. The number of nitrogens with one attached hydrogen (secondary N) is 2. The Labute approximate surface area is 191 Å². The Morgan fingerprint density at radius 2 is 1.86 bits per heavy atom. The van der Waals surface area contributed by atoms with E-state index in [1.54, 1.807) is 7.11 Å². The number of rotatable bonds is 13. The first-order valence-electron chi connectivity index (χ1n) is 10.2. The second kappa shape index (κ2) is 16.7. The standard InChI is InChI=1S/C21H35N3O4.HI/c1-3-26-13-4-11-22-21(23-12-5-14-28-20-10-15-27-17-20)24-16-18-6-8-19(25-2)9-7-18;/h6-9,20H,3-5,10-17H2,1-2H3,(H2,22,23,24);1H. The van der Waals surface area contributed by atoms with E-state index in [0.29, 0.717) is 6.54 Å². The van der Waals surface area contributed by atoms with Crippen molar-refractivity contribution in [3.8, 4) is 5.75 Å². The summed E-state index contributed by atoms with van der Waals surface area (Å²) in [4.78, 5) is 4.69. The van der Waals surface area contributed by atoms with Crippen LogP contribution in [-0.4, -0.2) is 65.3 Å². The van der Waals surface area contributed by atoms with Gasteiger partial charge in [-0.2, -0.15) is 0 Å². The lowest BCUT2D eigenvalue weighted by Gasteiger charge is -2.14. The highest BCUT2D eigenvalue weighted by Crippen LogP contribution is 2.12. The molecule has 0 saturated carbocycles. The number of hydrogen-bond acceptors (Lipinski definition) is 5. The second-order valence-corrected chi connectivity index (χ2v) is 6.63. The molecule has 1 fully saturated rings. The first-order valence-corrected chi connectivity index (χ1v) is 10.2. The van der Waals surface area contributed by atoms with Crippen LogP contribution in [0.5, 0.6) is 5.75 Å². The Balaban J connectivity index is 0.00000420. The molecule has 0 aromatic heterocycles. The molecule has 1 atom stereocenters. The van der Waals surface area contributed by atoms with E-state index in [1.807, 2.05) is 31.2 Å². The maximum Gasteiger partial charge on any atom is 0.191 e. The van der Waals surface area contributed by atoms with Gasteiger partial charge < -0.3 is 29.6 Å². The monoisotopic (exact) mass is 521 g/mol. The topological polar surface area (TPSA) is 73.3 Å². The summed E-state index contributed by atoms with van der Waals surface area (Å²) in [6, 6.07) is 7.98. The second-order valence-electron chi connectivity index (χ2n) is 6.63. The van der Waals surface area contributed by atoms with Gasteiger partial charge in [-0.1, -0.05) is 12.1 Å². The van der Waals surface area contributed by atoms with E-state index in [2.05, 4.69) is 10.6 Å². The van der Waals surface area contributed by atoms with E-state index >= 15 is 0 Å². The molecule has 7 nitrogen and oxygen atoms in total. The molecule has 0 aliphatic carbocycles. The van der Waals surface area contributed by atoms with Gasteiger partial charge in [0.15, 0.2) is 5.96 Å². The molecule has 1 aromatic rings. The summed E-state index contributed by atoms with van der Waals surface area (Å²) in [6.07, 6.45) is 3.14. The SMILES string of the molecule is CCOCCCNC(=NCc1ccc(OC)cc1)NCCCOC1CCOC1.I. The fourth-order valence-electron chi connectivity index (χ4n) is 2.77. The van der Waals surface area contributed by atoms with Crippen molar-refractivity contribution in [3.63, 3.8) is 0 Å². The Hall–Kier alpha value is -1.10. The molecule has 2 N–H and O–H groups in total. The van der Waals surface area contributed by atoms with Crippen LogP contribution in [0.1, 0.15) is 31.7 Å². The highest BCUT2D eigenvalue weighted by Gasteiger charge is 2.15. The molecule has 2 rings (SSSR count). The van der Waals surface area contributed by atoms with Gasteiger partial charge in [-0.25, -0.2) is 4.99 Å². The summed E-state index contributed by atoms with van der Waals surface area (Å²) >= 11 is 0. The van der Waals surface area contributed by atoms with Crippen LogP contribution in [0.3, 0.4) is 0 Å². The van der Waals surface area contributed by atoms with Gasteiger partial charge in [-0.05, 0) is 43.9 Å². The van der Waals surface area contributed by atoms with Gasteiger partial charge in [0.25, 0.3) is 0 Å². The van der Waals surface area contributed by atoms with Crippen molar-refractivity contribution < 1.29 is 18.9 Å². The van der Waals surface area contributed by atoms with Crippen molar-refractivity contribution in [3.05, 3.63) is 29.8 Å². The zero-order chi connectivity index (χ0) is 19.9. The number of nitrogens with zero attached hydrogens (tertiary/aromatic N) is 1. The lowest BCUT2D eigenvalue weighted by molar-refractivity contribution is 0.0420. The molecule has 1 aliphatic rings. The van der Waals surface area contributed by atoms with Crippen molar-refractivity contribution in [1.29, 1.82) is 0 Å². The van der Waals surface area contributed by atoms with E-state index in [1.165, 1.54) is 0 Å². The summed E-state index contributed by atoms with van der Waals surface area (Å²) in [6.45, 7) is 8.04. The Bertz CT molecular complexity index is 551. The van der Waals surface area contributed by atoms with Crippen LogP contribution in [0, 0.1) is 0 Å². The van der Waals surface area contributed by atoms with Crippen LogP contribution in [0.15, 0.2) is 29.3 Å². The number of hydrogen-bond donors (Lipinski definition) is 2. The van der Waals surface area contributed by atoms with Crippen LogP contribution >= 0.6 is 24.0 Å². The summed E-state index contributed by atoms with van der Waals surface area (Å²) in [7, 11) is 1.67. The number of ether oxygens (including phenoxy) is 4. The molecule has 29 heavy (non-hydrogen) atoms. The van der Waals surface area contributed by atoms with Gasteiger partial charge in [0, 0.05) is 39.5 Å². The van der Waals surface area contributed by atoms with Crippen molar-refractivity contribution in [1.82, 2.24) is 10.6 Å². The summed E-state index contributed by atoms with van der Waals surface area (Å²) < 4.78 is 21.7. The van der Waals surface area contributed by atoms with Gasteiger partial charge in [-0.15, -0.1) is 24.0 Å². The average Bonchev–Trinajstić information content (AvgIpc) is 3.25. The fourth-order valence-corrected chi connectivity index (χ4v) is 2.77. The first-order chi connectivity index (χ1) is 13.8. The summed E-state index contributed by atoms with van der Waals surface area (Å²) in [5, 5.41) is 6.77. The number of halogens is 1. The maximum absolute atomic E-state index is 5.81. The first kappa shape index (κ1) is 25.9. The zero-order valence-corrected chi connectivity index (χ0v) is 20.0. The molecular formula is C21H36IN3O4. The molecular weight excluding hydrogens is 485 g/mol. The van der Waals surface area contributed by atoms with Crippen LogP contribution in [0.4, 0.5) is 0 Å². The van der Waals surface area contributed by atoms with Gasteiger partial charge in [0.2, 0.25) is 0 Å².